The lowest BCUT2D eigenvalue weighted by molar-refractivity contribution is 0.207. The van der Waals surface area contributed by atoms with Crippen molar-refractivity contribution in [2.24, 2.45) is 0 Å². The molecule has 18 heavy (non-hydrogen) atoms. The molecule has 1 aliphatic rings. The minimum Gasteiger partial charge on any atom is -0.308 e. The molecule has 1 aromatic rings. The average Bonchev–Trinajstić information content (AvgIpc) is 3.05. The summed E-state index contributed by atoms with van der Waals surface area (Å²) >= 11 is 1.84. The molecule has 1 unspecified atom stereocenters. The van der Waals surface area contributed by atoms with Crippen LogP contribution in [0.25, 0.3) is 0 Å². The van der Waals surface area contributed by atoms with Crippen molar-refractivity contribution in [3.8, 4) is 0 Å². The molecular formula is C15H26N2S. The molecule has 1 aromatic heterocycles. The molecule has 3 heteroatoms. The fraction of sp³-hybridized carbons (Fsp3) is 0.733. The monoisotopic (exact) mass is 266 g/mol. The average molecular weight is 266 g/mol. The van der Waals surface area contributed by atoms with Gasteiger partial charge in [0.05, 0.1) is 0 Å². The van der Waals surface area contributed by atoms with Gasteiger partial charge in [0.1, 0.15) is 0 Å². The van der Waals surface area contributed by atoms with E-state index in [1.54, 1.807) is 0 Å². The number of thiophene rings is 1. The van der Waals surface area contributed by atoms with Crippen molar-refractivity contribution >= 4 is 11.3 Å². The molecule has 0 spiro atoms. The van der Waals surface area contributed by atoms with E-state index >= 15 is 0 Å². The molecule has 1 saturated carbocycles. The second-order valence-corrected chi connectivity index (χ2v) is 6.24. The highest BCUT2D eigenvalue weighted by Gasteiger charge is 2.20. The van der Waals surface area contributed by atoms with E-state index in [0.29, 0.717) is 6.04 Å². The number of hydrogen-bond acceptors (Lipinski definition) is 3. The van der Waals surface area contributed by atoms with Crippen molar-refractivity contribution in [2.45, 2.75) is 51.6 Å². The lowest BCUT2D eigenvalue weighted by Gasteiger charge is -2.28. The van der Waals surface area contributed by atoms with Gasteiger partial charge in [-0.05, 0) is 37.8 Å². The number of hydrogen-bond donors (Lipinski definition) is 1. The van der Waals surface area contributed by atoms with Gasteiger partial charge >= 0.3 is 0 Å². The van der Waals surface area contributed by atoms with Crippen molar-refractivity contribution < 1.29 is 0 Å². The zero-order chi connectivity index (χ0) is 12.8. The van der Waals surface area contributed by atoms with Crippen LogP contribution in [0.4, 0.5) is 0 Å². The van der Waals surface area contributed by atoms with E-state index in [0.717, 1.165) is 12.6 Å². The number of rotatable bonds is 7. The van der Waals surface area contributed by atoms with Gasteiger partial charge in [-0.25, -0.2) is 0 Å². The van der Waals surface area contributed by atoms with Crippen LogP contribution in [0, 0.1) is 0 Å². The third-order valence-corrected chi connectivity index (χ3v) is 5.12. The predicted molar refractivity (Wildman–Crippen MR) is 80.2 cm³/mol. The first-order valence-electron chi connectivity index (χ1n) is 7.32. The molecule has 0 saturated heterocycles. The second kappa shape index (κ2) is 7.27. The molecule has 1 heterocycles. The van der Waals surface area contributed by atoms with Crippen LogP contribution in [0.2, 0.25) is 0 Å². The summed E-state index contributed by atoms with van der Waals surface area (Å²) < 4.78 is 0. The molecule has 1 N–H and O–H groups in total. The SMILES string of the molecule is CCN(CCNC(C)c1cccs1)C1CCCC1. The standard InChI is InChI=1S/C15H26N2S/c1-3-17(14-7-4-5-8-14)11-10-16-13(2)15-9-6-12-18-15/h6,9,12-14,16H,3-5,7-8,10-11H2,1-2H3. The Bertz CT molecular complexity index is 317. The van der Waals surface area contributed by atoms with Gasteiger partial charge in [-0.2, -0.15) is 0 Å². The van der Waals surface area contributed by atoms with Crippen LogP contribution in [0.3, 0.4) is 0 Å². The molecule has 2 nitrogen and oxygen atoms in total. The normalized spacial score (nSPS) is 18.6. The minimum atomic E-state index is 0.493. The van der Waals surface area contributed by atoms with Crippen molar-refractivity contribution in [3.63, 3.8) is 0 Å². The van der Waals surface area contributed by atoms with E-state index in [4.69, 9.17) is 0 Å². The maximum absolute atomic E-state index is 3.64. The van der Waals surface area contributed by atoms with Gasteiger partial charge in [0.15, 0.2) is 0 Å². The number of likely N-dealkylation sites (N-methyl/N-ethyl adjacent to an activating group) is 1. The summed E-state index contributed by atoms with van der Waals surface area (Å²) in [5, 5.41) is 5.80. The largest absolute Gasteiger partial charge is 0.308 e. The second-order valence-electron chi connectivity index (χ2n) is 5.26. The summed E-state index contributed by atoms with van der Waals surface area (Å²) in [7, 11) is 0. The molecular weight excluding hydrogens is 240 g/mol. The molecule has 0 aliphatic heterocycles. The molecule has 0 radical (unpaired) electrons. The molecule has 0 bridgehead atoms. The van der Waals surface area contributed by atoms with E-state index in [2.05, 4.69) is 41.6 Å². The van der Waals surface area contributed by atoms with Crippen molar-refractivity contribution in [2.75, 3.05) is 19.6 Å². The summed E-state index contributed by atoms with van der Waals surface area (Å²) in [6, 6.07) is 5.70. The van der Waals surface area contributed by atoms with Crippen molar-refractivity contribution in [1.29, 1.82) is 0 Å². The Balaban J connectivity index is 1.70. The minimum absolute atomic E-state index is 0.493. The number of nitrogens with zero attached hydrogens (tertiary/aromatic N) is 1. The van der Waals surface area contributed by atoms with Crippen LogP contribution in [0.1, 0.15) is 50.4 Å². The van der Waals surface area contributed by atoms with E-state index in [1.807, 2.05) is 11.3 Å². The first-order valence-corrected chi connectivity index (χ1v) is 8.20. The van der Waals surface area contributed by atoms with Crippen LogP contribution in [-0.4, -0.2) is 30.6 Å². The van der Waals surface area contributed by atoms with E-state index < -0.39 is 0 Å². The third-order valence-electron chi connectivity index (χ3n) is 4.07. The van der Waals surface area contributed by atoms with Gasteiger partial charge in [0.25, 0.3) is 0 Å². The Kier molecular flexibility index (Phi) is 5.67. The van der Waals surface area contributed by atoms with Gasteiger partial charge in [-0.1, -0.05) is 25.8 Å². The van der Waals surface area contributed by atoms with Crippen LogP contribution in [-0.2, 0) is 0 Å². The van der Waals surface area contributed by atoms with E-state index in [9.17, 15) is 0 Å². The Hall–Kier alpha value is -0.380. The molecule has 0 amide bonds. The Labute approximate surface area is 115 Å². The summed E-state index contributed by atoms with van der Waals surface area (Å²) in [5.41, 5.74) is 0. The summed E-state index contributed by atoms with van der Waals surface area (Å²) in [6.45, 7) is 8.04. The highest BCUT2D eigenvalue weighted by molar-refractivity contribution is 7.10. The predicted octanol–water partition coefficient (Wildman–Crippen LogP) is 3.66. The van der Waals surface area contributed by atoms with E-state index in [-0.39, 0.29) is 0 Å². The zero-order valence-electron chi connectivity index (χ0n) is 11.7. The van der Waals surface area contributed by atoms with Gasteiger partial charge in [0.2, 0.25) is 0 Å². The molecule has 0 aromatic carbocycles. The van der Waals surface area contributed by atoms with Crippen molar-refractivity contribution in [3.05, 3.63) is 22.4 Å². The molecule has 1 fully saturated rings. The maximum Gasteiger partial charge on any atom is 0.0386 e. The fourth-order valence-corrected chi connectivity index (χ4v) is 3.69. The van der Waals surface area contributed by atoms with Crippen LogP contribution < -0.4 is 5.32 Å². The molecule has 1 aliphatic carbocycles. The topological polar surface area (TPSA) is 15.3 Å². The Morgan fingerprint density at radius 2 is 2.22 bits per heavy atom. The Morgan fingerprint density at radius 1 is 1.44 bits per heavy atom. The Morgan fingerprint density at radius 3 is 2.83 bits per heavy atom. The highest BCUT2D eigenvalue weighted by atomic mass is 32.1. The van der Waals surface area contributed by atoms with E-state index in [1.165, 1.54) is 43.6 Å². The highest BCUT2D eigenvalue weighted by Crippen LogP contribution is 2.23. The molecule has 2 rings (SSSR count). The first kappa shape index (κ1) is 14.0. The van der Waals surface area contributed by atoms with Gasteiger partial charge < -0.3 is 5.32 Å². The van der Waals surface area contributed by atoms with Crippen LogP contribution in [0.5, 0.6) is 0 Å². The summed E-state index contributed by atoms with van der Waals surface area (Å²) in [4.78, 5) is 4.10. The van der Waals surface area contributed by atoms with Crippen molar-refractivity contribution in [1.82, 2.24) is 10.2 Å². The van der Waals surface area contributed by atoms with Crippen LogP contribution >= 0.6 is 11.3 Å². The maximum atomic E-state index is 3.64. The summed E-state index contributed by atoms with van der Waals surface area (Å²) in [5.74, 6) is 0. The van der Waals surface area contributed by atoms with Crippen LogP contribution in [0.15, 0.2) is 17.5 Å². The van der Waals surface area contributed by atoms with Gasteiger partial charge in [-0.15, -0.1) is 11.3 Å². The lowest BCUT2D eigenvalue weighted by atomic mass is 10.2. The van der Waals surface area contributed by atoms with Gasteiger partial charge in [0, 0.05) is 30.1 Å². The molecule has 102 valence electrons. The lowest BCUT2D eigenvalue weighted by Crippen LogP contribution is -2.38. The quantitative estimate of drug-likeness (QED) is 0.810. The number of nitrogens with one attached hydrogen (secondary N) is 1. The third kappa shape index (κ3) is 3.81. The summed E-state index contributed by atoms with van der Waals surface area (Å²) in [6.07, 6.45) is 5.68. The molecule has 1 atom stereocenters. The smallest absolute Gasteiger partial charge is 0.0386 e. The van der Waals surface area contributed by atoms with Gasteiger partial charge in [-0.3, -0.25) is 4.90 Å². The zero-order valence-corrected chi connectivity index (χ0v) is 12.5. The fourth-order valence-electron chi connectivity index (χ4n) is 2.93. The first-order chi connectivity index (χ1) is 8.81.